The summed E-state index contributed by atoms with van der Waals surface area (Å²) in [5, 5.41) is 0. The van der Waals surface area contributed by atoms with Crippen LogP contribution in [-0.2, 0) is 4.74 Å². The van der Waals surface area contributed by atoms with Crippen molar-refractivity contribution < 1.29 is 9.13 Å². The van der Waals surface area contributed by atoms with E-state index >= 15 is 0 Å². The molecular formula is C26H37FO. The van der Waals surface area contributed by atoms with E-state index in [1.165, 1.54) is 49.8 Å². The van der Waals surface area contributed by atoms with Crippen LogP contribution in [0.3, 0.4) is 0 Å². The molecule has 1 heterocycles. The Morgan fingerprint density at radius 2 is 1.61 bits per heavy atom. The van der Waals surface area contributed by atoms with Gasteiger partial charge in [-0.1, -0.05) is 38.8 Å². The zero-order valence-electron chi connectivity index (χ0n) is 17.8. The molecule has 0 amide bonds. The van der Waals surface area contributed by atoms with E-state index in [0.29, 0.717) is 23.7 Å². The lowest BCUT2D eigenvalue weighted by Gasteiger charge is -2.33. The molecule has 1 aromatic carbocycles. The van der Waals surface area contributed by atoms with Crippen LogP contribution < -0.4 is 0 Å². The molecule has 3 aliphatic rings. The van der Waals surface area contributed by atoms with E-state index in [0.717, 1.165) is 43.8 Å². The highest BCUT2D eigenvalue weighted by atomic mass is 19.1. The largest absolute Gasteiger partial charge is 0.498 e. The number of benzene rings is 1. The first-order valence-electron chi connectivity index (χ1n) is 11.8. The maximum Gasteiger partial charge on any atom is 0.126 e. The van der Waals surface area contributed by atoms with Gasteiger partial charge in [-0.2, -0.15) is 0 Å². The molecular weight excluding hydrogens is 347 g/mol. The number of rotatable bonds is 4. The number of ether oxygens (including phenoxy) is 1. The fourth-order valence-electron chi connectivity index (χ4n) is 5.60. The average Bonchev–Trinajstić information content (AvgIpc) is 2.74. The summed E-state index contributed by atoms with van der Waals surface area (Å²) in [6.45, 7) is 5.47. The Kier molecular flexibility index (Phi) is 6.43. The van der Waals surface area contributed by atoms with Crippen LogP contribution in [0.25, 0.3) is 0 Å². The first-order chi connectivity index (χ1) is 13.6. The highest BCUT2D eigenvalue weighted by molar-refractivity contribution is 5.30. The highest BCUT2D eigenvalue weighted by Crippen LogP contribution is 2.42. The number of halogens is 1. The molecule has 4 rings (SSSR count). The van der Waals surface area contributed by atoms with Crippen molar-refractivity contribution in [2.75, 3.05) is 6.61 Å². The van der Waals surface area contributed by atoms with Crippen molar-refractivity contribution in [2.24, 2.45) is 17.8 Å². The van der Waals surface area contributed by atoms with Crippen LogP contribution in [0.4, 0.5) is 4.39 Å². The van der Waals surface area contributed by atoms with Gasteiger partial charge >= 0.3 is 0 Å². The Balaban J connectivity index is 1.35. The molecule has 0 N–H and O–H groups in total. The first-order valence-corrected chi connectivity index (χ1v) is 11.8. The molecule has 1 unspecified atom stereocenters. The number of hydrogen-bond acceptors (Lipinski definition) is 1. The van der Waals surface area contributed by atoms with E-state index in [4.69, 9.17) is 4.74 Å². The molecule has 0 bridgehead atoms. The third-order valence-corrected chi connectivity index (χ3v) is 7.80. The lowest BCUT2D eigenvalue weighted by molar-refractivity contribution is 0.106. The van der Waals surface area contributed by atoms with Crippen LogP contribution in [0.2, 0.25) is 0 Å². The van der Waals surface area contributed by atoms with Crippen molar-refractivity contribution in [3.05, 3.63) is 47.0 Å². The summed E-state index contributed by atoms with van der Waals surface area (Å²) in [5.74, 6) is 4.30. The summed E-state index contributed by atoms with van der Waals surface area (Å²) < 4.78 is 21.0. The van der Waals surface area contributed by atoms with Crippen LogP contribution >= 0.6 is 0 Å². The third-order valence-electron chi connectivity index (χ3n) is 7.80. The first kappa shape index (κ1) is 20.0. The van der Waals surface area contributed by atoms with E-state index in [1.807, 2.05) is 6.07 Å². The van der Waals surface area contributed by atoms with E-state index in [-0.39, 0.29) is 5.82 Å². The second-order valence-corrected chi connectivity index (χ2v) is 9.71. The second kappa shape index (κ2) is 9.01. The van der Waals surface area contributed by atoms with Gasteiger partial charge in [0.15, 0.2) is 0 Å². The summed E-state index contributed by atoms with van der Waals surface area (Å²) in [6.07, 6.45) is 14.2. The van der Waals surface area contributed by atoms with Crippen LogP contribution in [0.1, 0.15) is 101 Å². The fourth-order valence-corrected chi connectivity index (χ4v) is 5.60. The lowest BCUT2D eigenvalue weighted by Crippen LogP contribution is -2.22. The predicted molar refractivity (Wildman–Crippen MR) is 114 cm³/mol. The van der Waals surface area contributed by atoms with Crippen LogP contribution in [0.5, 0.6) is 0 Å². The Morgan fingerprint density at radius 1 is 0.929 bits per heavy atom. The minimum Gasteiger partial charge on any atom is -0.498 e. The molecule has 0 saturated heterocycles. The van der Waals surface area contributed by atoms with Crippen molar-refractivity contribution in [2.45, 2.75) is 89.9 Å². The molecule has 1 atom stereocenters. The van der Waals surface area contributed by atoms with E-state index in [1.54, 1.807) is 0 Å². The van der Waals surface area contributed by atoms with Crippen LogP contribution in [0, 0.1) is 23.6 Å². The van der Waals surface area contributed by atoms with E-state index < -0.39 is 0 Å². The quantitative estimate of drug-likeness (QED) is 0.516. The van der Waals surface area contributed by atoms with Gasteiger partial charge in [0.2, 0.25) is 0 Å². The van der Waals surface area contributed by atoms with Gasteiger partial charge < -0.3 is 4.74 Å². The SMILES string of the molecule is CCC1CC=C(C2CCC(c3ccc(C4CCC(C)CC4)cc3F)CC2)OC1. The molecule has 2 fully saturated rings. The molecule has 154 valence electrons. The Bertz CT molecular complexity index is 678. The van der Waals surface area contributed by atoms with Crippen molar-refractivity contribution >= 4 is 0 Å². The molecule has 2 aliphatic carbocycles. The zero-order valence-corrected chi connectivity index (χ0v) is 17.8. The molecule has 0 aromatic heterocycles. The normalized spacial score (nSPS) is 33.8. The van der Waals surface area contributed by atoms with Gasteiger partial charge in [-0.3, -0.25) is 0 Å². The van der Waals surface area contributed by atoms with Crippen molar-refractivity contribution in [1.29, 1.82) is 0 Å². The lowest BCUT2D eigenvalue weighted by atomic mass is 9.76. The predicted octanol–water partition coefficient (Wildman–Crippen LogP) is 7.72. The van der Waals surface area contributed by atoms with Gasteiger partial charge in [-0.25, -0.2) is 4.39 Å². The van der Waals surface area contributed by atoms with Gasteiger partial charge in [-0.05, 0) is 98.3 Å². The maximum atomic E-state index is 15.0. The Labute approximate surface area is 170 Å². The molecule has 0 spiro atoms. The minimum atomic E-state index is 0.0403. The third kappa shape index (κ3) is 4.47. The van der Waals surface area contributed by atoms with Crippen LogP contribution in [0.15, 0.2) is 30.0 Å². The van der Waals surface area contributed by atoms with E-state index in [2.05, 4.69) is 32.1 Å². The smallest absolute Gasteiger partial charge is 0.126 e. The van der Waals surface area contributed by atoms with Crippen LogP contribution in [-0.4, -0.2) is 6.61 Å². The maximum absolute atomic E-state index is 15.0. The summed E-state index contributed by atoms with van der Waals surface area (Å²) >= 11 is 0. The molecule has 2 heteroatoms. The number of hydrogen-bond donors (Lipinski definition) is 0. The summed E-state index contributed by atoms with van der Waals surface area (Å²) in [7, 11) is 0. The van der Waals surface area contributed by atoms with Crippen molar-refractivity contribution in [1.82, 2.24) is 0 Å². The molecule has 1 nitrogen and oxygen atoms in total. The zero-order chi connectivity index (χ0) is 19.5. The minimum absolute atomic E-state index is 0.0403. The Hall–Kier alpha value is -1.31. The van der Waals surface area contributed by atoms with Crippen molar-refractivity contribution in [3.63, 3.8) is 0 Å². The van der Waals surface area contributed by atoms with Gasteiger partial charge in [-0.15, -0.1) is 0 Å². The standard InChI is InChI=1S/C26H37FO/c1-3-19-6-15-26(28-17-19)22-11-9-21(10-12-22)24-14-13-23(16-25(24)27)20-7-4-18(2)5-8-20/h13-16,18-22H,3-12,17H2,1-2H3. The monoisotopic (exact) mass is 384 g/mol. The van der Waals surface area contributed by atoms with Gasteiger partial charge in [0.1, 0.15) is 5.82 Å². The summed E-state index contributed by atoms with van der Waals surface area (Å²) in [4.78, 5) is 0. The molecule has 28 heavy (non-hydrogen) atoms. The second-order valence-electron chi connectivity index (χ2n) is 9.71. The topological polar surface area (TPSA) is 9.23 Å². The van der Waals surface area contributed by atoms with Gasteiger partial charge in [0, 0.05) is 5.92 Å². The van der Waals surface area contributed by atoms with Gasteiger partial charge in [0.05, 0.1) is 12.4 Å². The number of allylic oxidation sites excluding steroid dienone is 2. The Morgan fingerprint density at radius 3 is 2.21 bits per heavy atom. The average molecular weight is 385 g/mol. The summed E-state index contributed by atoms with van der Waals surface area (Å²) in [6, 6.07) is 6.19. The molecule has 2 saturated carbocycles. The molecule has 1 aliphatic heterocycles. The van der Waals surface area contributed by atoms with E-state index in [9.17, 15) is 4.39 Å². The summed E-state index contributed by atoms with van der Waals surface area (Å²) in [5.41, 5.74) is 2.18. The van der Waals surface area contributed by atoms with Gasteiger partial charge in [0.25, 0.3) is 0 Å². The fraction of sp³-hybridized carbons (Fsp3) is 0.692. The van der Waals surface area contributed by atoms with Crippen molar-refractivity contribution in [3.8, 4) is 0 Å². The molecule has 1 aromatic rings. The highest BCUT2D eigenvalue weighted by Gasteiger charge is 2.29. The molecule has 0 radical (unpaired) electrons.